The van der Waals surface area contributed by atoms with E-state index < -0.39 is 0 Å². The van der Waals surface area contributed by atoms with Gasteiger partial charge in [0.1, 0.15) is 0 Å². The Morgan fingerprint density at radius 2 is 1.72 bits per heavy atom. The number of hydrogen-bond acceptors (Lipinski definition) is 4. The fourth-order valence-electron chi connectivity index (χ4n) is 3.05. The second kappa shape index (κ2) is 8.56. The van der Waals surface area contributed by atoms with Crippen molar-refractivity contribution in [2.75, 3.05) is 13.6 Å². The van der Waals surface area contributed by atoms with Gasteiger partial charge in [0, 0.05) is 43.7 Å². The lowest BCUT2D eigenvalue weighted by Gasteiger charge is -2.16. The Hall–Kier alpha value is -3.67. The van der Waals surface area contributed by atoms with Gasteiger partial charge in [0.15, 0.2) is 0 Å². The Labute approximate surface area is 169 Å². The van der Waals surface area contributed by atoms with Gasteiger partial charge in [0.05, 0.1) is 6.42 Å². The third-order valence-electron chi connectivity index (χ3n) is 4.78. The third kappa shape index (κ3) is 4.60. The van der Waals surface area contributed by atoms with E-state index in [0.717, 1.165) is 16.8 Å². The Morgan fingerprint density at radius 3 is 2.45 bits per heavy atom. The highest BCUT2D eigenvalue weighted by Gasteiger charge is 2.13. The molecule has 0 atom stereocenters. The van der Waals surface area contributed by atoms with E-state index in [1.54, 1.807) is 11.9 Å². The van der Waals surface area contributed by atoms with Gasteiger partial charge in [-0.05, 0) is 29.8 Å². The molecular formula is C23H22N4O2. The van der Waals surface area contributed by atoms with E-state index >= 15 is 0 Å². The normalized spacial score (nSPS) is 10.8. The fraction of sp³-hybridized carbons (Fsp3) is 0.174. The van der Waals surface area contributed by atoms with Crippen molar-refractivity contribution in [2.24, 2.45) is 0 Å². The largest absolute Gasteiger partial charge is 0.345 e. The number of benzene rings is 2. The van der Waals surface area contributed by atoms with Crippen LogP contribution in [0.15, 0.2) is 83.6 Å². The zero-order chi connectivity index (χ0) is 20.1. The van der Waals surface area contributed by atoms with Crippen molar-refractivity contribution in [1.82, 2.24) is 19.6 Å². The molecule has 6 nitrogen and oxygen atoms in total. The van der Waals surface area contributed by atoms with E-state index in [4.69, 9.17) is 4.52 Å². The highest BCUT2D eigenvalue weighted by molar-refractivity contribution is 5.78. The van der Waals surface area contributed by atoms with Gasteiger partial charge in [-0.3, -0.25) is 4.79 Å². The number of aromatic nitrogens is 3. The number of likely N-dealkylation sites (N-methyl/N-ethyl adjacent to an activating group) is 1. The Balaban J connectivity index is 1.30. The van der Waals surface area contributed by atoms with Crippen LogP contribution in [0.2, 0.25) is 0 Å². The van der Waals surface area contributed by atoms with Crippen molar-refractivity contribution in [2.45, 2.75) is 12.8 Å². The topological polar surface area (TPSA) is 64.2 Å². The number of hydrogen-bond donors (Lipinski definition) is 0. The summed E-state index contributed by atoms with van der Waals surface area (Å²) in [6, 6.07) is 21.7. The van der Waals surface area contributed by atoms with Crippen LogP contribution in [0.25, 0.3) is 17.1 Å². The highest BCUT2D eigenvalue weighted by atomic mass is 16.5. The summed E-state index contributed by atoms with van der Waals surface area (Å²) in [5.74, 6) is 1.15. The lowest BCUT2D eigenvalue weighted by atomic mass is 10.1. The van der Waals surface area contributed by atoms with Crippen molar-refractivity contribution in [3.63, 3.8) is 0 Å². The summed E-state index contributed by atoms with van der Waals surface area (Å²) in [7, 11) is 1.80. The molecule has 0 radical (unpaired) electrons. The molecule has 0 fully saturated rings. The Bertz CT molecular complexity index is 1050. The van der Waals surface area contributed by atoms with Gasteiger partial charge in [-0.25, -0.2) is 0 Å². The van der Waals surface area contributed by atoms with E-state index in [1.165, 1.54) is 0 Å². The van der Waals surface area contributed by atoms with Crippen molar-refractivity contribution < 1.29 is 9.32 Å². The predicted octanol–water partition coefficient (Wildman–Crippen LogP) is 3.77. The molecule has 0 saturated heterocycles. The molecule has 2 aromatic carbocycles. The smallest absolute Gasteiger partial charge is 0.228 e. The maximum atomic E-state index is 12.5. The van der Waals surface area contributed by atoms with E-state index in [0.29, 0.717) is 31.1 Å². The fourth-order valence-corrected chi connectivity index (χ4v) is 3.05. The number of nitrogens with zero attached hydrogens (tertiary/aromatic N) is 4. The average Bonchev–Trinajstić information content (AvgIpc) is 3.45. The number of amides is 1. The minimum Gasteiger partial charge on any atom is -0.345 e. The van der Waals surface area contributed by atoms with Crippen molar-refractivity contribution >= 4 is 5.91 Å². The first kappa shape index (κ1) is 18.7. The molecule has 6 heteroatoms. The molecule has 0 aliphatic heterocycles. The monoisotopic (exact) mass is 386 g/mol. The van der Waals surface area contributed by atoms with E-state index in [-0.39, 0.29) is 5.91 Å². The lowest BCUT2D eigenvalue weighted by Crippen LogP contribution is -2.30. The summed E-state index contributed by atoms with van der Waals surface area (Å²) in [5, 5.41) is 4.01. The van der Waals surface area contributed by atoms with E-state index in [9.17, 15) is 4.79 Å². The molecular weight excluding hydrogens is 364 g/mol. The van der Waals surface area contributed by atoms with Crippen LogP contribution in [0.5, 0.6) is 0 Å². The summed E-state index contributed by atoms with van der Waals surface area (Å²) >= 11 is 0. The molecule has 4 rings (SSSR count). The molecule has 1 amide bonds. The van der Waals surface area contributed by atoms with Gasteiger partial charge in [-0.1, -0.05) is 47.6 Å². The molecule has 29 heavy (non-hydrogen) atoms. The highest BCUT2D eigenvalue weighted by Crippen LogP contribution is 2.15. The Morgan fingerprint density at radius 1 is 1.00 bits per heavy atom. The summed E-state index contributed by atoms with van der Waals surface area (Å²) in [6.07, 6.45) is 4.87. The van der Waals surface area contributed by atoms with Crippen LogP contribution in [-0.2, 0) is 17.6 Å². The summed E-state index contributed by atoms with van der Waals surface area (Å²) < 4.78 is 7.35. The van der Waals surface area contributed by atoms with Crippen molar-refractivity contribution in [3.8, 4) is 17.1 Å². The minimum atomic E-state index is 0.0570. The van der Waals surface area contributed by atoms with Gasteiger partial charge >= 0.3 is 0 Å². The molecule has 2 heterocycles. The predicted molar refractivity (Wildman–Crippen MR) is 111 cm³/mol. The van der Waals surface area contributed by atoms with Crippen molar-refractivity contribution in [1.29, 1.82) is 0 Å². The number of rotatable bonds is 7. The van der Waals surface area contributed by atoms with Gasteiger partial charge in [0.2, 0.25) is 17.6 Å². The van der Waals surface area contributed by atoms with Crippen LogP contribution < -0.4 is 0 Å². The third-order valence-corrected chi connectivity index (χ3v) is 4.78. The second-order valence-electron chi connectivity index (χ2n) is 6.88. The maximum Gasteiger partial charge on any atom is 0.228 e. The molecule has 0 spiro atoms. The Kier molecular flexibility index (Phi) is 5.52. The van der Waals surface area contributed by atoms with Crippen LogP contribution in [0.4, 0.5) is 0 Å². The van der Waals surface area contributed by atoms with Crippen LogP contribution in [-0.4, -0.2) is 39.1 Å². The zero-order valence-corrected chi connectivity index (χ0v) is 16.2. The minimum absolute atomic E-state index is 0.0570. The maximum absolute atomic E-state index is 12.5. The molecule has 2 aromatic heterocycles. The average molecular weight is 386 g/mol. The molecule has 0 saturated carbocycles. The summed E-state index contributed by atoms with van der Waals surface area (Å²) in [4.78, 5) is 18.6. The first-order chi connectivity index (χ1) is 14.2. The molecule has 0 aliphatic carbocycles. The molecule has 0 N–H and O–H groups in total. The molecule has 0 unspecified atom stereocenters. The standard InChI is InChI=1S/C23H22N4O2/c1-26(16-13-21-24-23(25-29-21)19-7-3-2-4-8-19)22(28)17-18-9-11-20(12-10-18)27-14-5-6-15-27/h2-12,14-15H,13,16-17H2,1H3. The van der Waals surface area contributed by atoms with Crippen molar-refractivity contribution in [3.05, 3.63) is 90.6 Å². The van der Waals surface area contributed by atoms with E-state index in [2.05, 4.69) is 10.1 Å². The lowest BCUT2D eigenvalue weighted by molar-refractivity contribution is -0.129. The zero-order valence-electron chi connectivity index (χ0n) is 16.2. The van der Waals surface area contributed by atoms with E-state index in [1.807, 2.05) is 83.7 Å². The van der Waals surface area contributed by atoms with Gasteiger partial charge in [-0.2, -0.15) is 4.98 Å². The molecule has 4 aromatic rings. The molecule has 0 aliphatic rings. The second-order valence-corrected chi connectivity index (χ2v) is 6.88. The quantitative estimate of drug-likeness (QED) is 0.485. The first-order valence-corrected chi connectivity index (χ1v) is 9.53. The summed E-state index contributed by atoms with van der Waals surface area (Å²) in [5.41, 5.74) is 2.97. The first-order valence-electron chi connectivity index (χ1n) is 9.53. The van der Waals surface area contributed by atoms with Crippen LogP contribution >= 0.6 is 0 Å². The number of carbonyl (C=O) groups is 1. The van der Waals surface area contributed by atoms with Gasteiger partial charge in [0.25, 0.3) is 0 Å². The van der Waals surface area contributed by atoms with Crippen LogP contribution in [0.1, 0.15) is 11.5 Å². The summed E-state index contributed by atoms with van der Waals surface area (Å²) in [6.45, 7) is 0.525. The van der Waals surface area contributed by atoms with Gasteiger partial charge < -0.3 is 14.0 Å². The van der Waals surface area contributed by atoms with Crippen LogP contribution in [0, 0.1) is 0 Å². The SMILES string of the molecule is CN(CCc1nc(-c2ccccc2)no1)C(=O)Cc1ccc(-n2cccc2)cc1. The van der Waals surface area contributed by atoms with Gasteiger partial charge in [-0.15, -0.1) is 0 Å². The number of carbonyl (C=O) groups excluding carboxylic acids is 1. The molecule has 0 bridgehead atoms. The molecule has 146 valence electrons. The van der Waals surface area contributed by atoms with Crippen LogP contribution in [0.3, 0.4) is 0 Å².